The van der Waals surface area contributed by atoms with E-state index in [9.17, 15) is 4.79 Å². The standard InChI is InChI=1S/C22H20N6O4/c1-4-31-22-24-10-15(11-25-22)16-12-23-19(21(26-16)30-3)27-20(29)17-13(2)32-28-18(17)14-8-6-5-7-9-14/h5-12H,4H2,1-3H3,(H,23,27,29). The maximum absolute atomic E-state index is 13.0. The number of hydrogen-bond donors (Lipinski definition) is 1. The van der Waals surface area contributed by atoms with Crippen molar-refractivity contribution in [2.75, 3.05) is 19.0 Å². The average molecular weight is 432 g/mol. The van der Waals surface area contributed by atoms with Crippen molar-refractivity contribution in [1.82, 2.24) is 25.1 Å². The number of rotatable bonds is 7. The molecule has 10 nitrogen and oxygen atoms in total. The number of methoxy groups -OCH3 is 1. The van der Waals surface area contributed by atoms with Crippen LogP contribution in [0.1, 0.15) is 23.0 Å². The normalized spacial score (nSPS) is 10.6. The van der Waals surface area contributed by atoms with Crippen molar-refractivity contribution in [2.24, 2.45) is 0 Å². The number of ether oxygens (including phenoxy) is 2. The topological polar surface area (TPSA) is 125 Å². The second-order valence-corrected chi connectivity index (χ2v) is 6.58. The van der Waals surface area contributed by atoms with Crippen LogP contribution in [-0.2, 0) is 0 Å². The summed E-state index contributed by atoms with van der Waals surface area (Å²) in [4.78, 5) is 30.0. The molecule has 10 heteroatoms. The zero-order valence-electron chi connectivity index (χ0n) is 17.7. The fourth-order valence-electron chi connectivity index (χ4n) is 2.99. The molecule has 0 radical (unpaired) electrons. The number of benzene rings is 1. The molecule has 0 aliphatic heterocycles. The molecule has 162 valence electrons. The molecule has 0 spiro atoms. The number of hydrogen-bond acceptors (Lipinski definition) is 9. The fraction of sp³-hybridized carbons (Fsp3) is 0.182. The molecule has 3 heterocycles. The summed E-state index contributed by atoms with van der Waals surface area (Å²) in [6.45, 7) is 4.00. The van der Waals surface area contributed by atoms with Crippen molar-refractivity contribution >= 4 is 11.7 Å². The van der Waals surface area contributed by atoms with E-state index < -0.39 is 5.91 Å². The molecular formula is C22H20N6O4. The van der Waals surface area contributed by atoms with Gasteiger partial charge in [0.1, 0.15) is 17.0 Å². The van der Waals surface area contributed by atoms with Gasteiger partial charge in [-0.25, -0.2) is 19.9 Å². The molecule has 0 atom stereocenters. The maximum Gasteiger partial charge on any atom is 0.316 e. The smallest absolute Gasteiger partial charge is 0.316 e. The maximum atomic E-state index is 13.0. The van der Waals surface area contributed by atoms with Gasteiger partial charge < -0.3 is 19.3 Å². The largest absolute Gasteiger partial charge is 0.478 e. The summed E-state index contributed by atoms with van der Waals surface area (Å²) in [5.74, 6) is 0.247. The highest BCUT2D eigenvalue weighted by Crippen LogP contribution is 2.28. The first-order valence-corrected chi connectivity index (χ1v) is 9.80. The summed E-state index contributed by atoms with van der Waals surface area (Å²) < 4.78 is 15.9. The Kier molecular flexibility index (Phi) is 6.02. The van der Waals surface area contributed by atoms with Gasteiger partial charge in [-0.05, 0) is 13.8 Å². The van der Waals surface area contributed by atoms with Crippen LogP contribution in [0.4, 0.5) is 5.82 Å². The monoisotopic (exact) mass is 432 g/mol. The Balaban J connectivity index is 1.60. The lowest BCUT2D eigenvalue weighted by Gasteiger charge is -2.10. The van der Waals surface area contributed by atoms with Gasteiger partial charge in [0.2, 0.25) is 0 Å². The molecule has 0 unspecified atom stereocenters. The number of amides is 1. The first-order valence-electron chi connectivity index (χ1n) is 9.80. The number of anilines is 1. The molecule has 0 saturated heterocycles. The summed E-state index contributed by atoms with van der Waals surface area (Å²) in [7, 11) is 1.44. The predicted molar refractivity (Wildman–Crippen MR) is 115 cm³/mol. The lowest BCUT2D eigenvalue weighted by molar-refractivity contribution is 0.102. The lowest BCUT2D eigenvalue weighted by Crippen LogP contribution is -2.16. The Morgan fingerprint density at radius 2 is 1.81 bits per heavy atom. The Morgan fingerprint density at radius 3 is 2.50 bits per heavy atom. The van der Waals surface area contributed by atoms with Crippen LogP contribution in [0.15, 0.2) is 53.4 Å². The Morgan fingerprint density at radius 1 is 1.06 bits per heavy atom. The van der Waals surface area contributed by atoms with Crippen LogP contribution in [-0.4, -0.2) is 44.7 Å². The highest BCUT2D eigenvalue weighted by molar-refractivity contribution is 6.08. The molecule has 3 aromatic heterocycles. The van der Waals surface area contributed by atoms with Crippen LogP contribution in [0.25, 0.3) is 22.5 Å². The molecule has 0 aliphatic rings. The van der Waals surface area contributed by atoms with Gasteiger partial charge in [-0.1, -0.05) is 35.5 Å². The number of carbonyl (C=O) groups excluding carboxylic acids is 1. The number of aromatic nitrogens is 5. The SMILES string of the molecule is CCOc1ncc(-c2cnc(NC(=O)c3c(-c4ccccc4)noc3C)c(OC)n2)cn1. The highest BCUT2D eigenvalue weighted by atomic mass is 16.5. The van der Waals surface area contributed by atoms with Crippen LogP contribution < -0.4 is 14.8 Å². The van der Waals surface area contributed by atoms with Crippen molar-refractivity contribution < 1.29 is 18.8 Å². The third kappa shape index (κ3) is 4.24. The van der Waals surface area contributed by atoms with Crippen molar-refractivity contribution in [3.8, 4) is 34.4 Å². The van der Waals surface area contributed by atoms with Crippen molar-refractivity contribution in [1.29, 1.82) is 0 Å². The van der Waals surface area contributed by atoms with Gasteiger partial charge in [0.25, 0.3) is 11.8 Å². The zero-order valence-corrected chi connectivity index (χ0v) is 17.7. The van der Waals surface area contributed by atoms with Gasteiger partial charge >= 0.3 is 6.01 Å². The lowest BCUT2D eigenvalue weighted by atomic mass is 10.1. The molecule has 0 saturated carbocycles. The molecule has 1 amide bonds. The van der Waals surface area contributed by atoms with Crippen LogP contribution in [0.5, 0.6) is 11.9 Å². The van der Waals surface area contributed by atoms with E-state index in [-0.39, 0.29) is 17.7 Å². The number of nitrogens with one attached hydrogen (secondary N) is 1. The van der Waals surface area contributed by atoms with E-state index in [1.807, 2.05) is 37.3 Å². The van der Waals surface area contributed by atoms with Gasteiger partial charge in [0, 0.05) is 23.5 Å². The molecule has 32 heavy (non-hydrogen) atoms. The van der Waals surface area contributed by atoms with E-state index in [4.69, 9.17) is 14.0 Å². The first-order chi connectivity index (χ1) is 15.6. The van der Waals surface area contributed by atoms with E-state index in [1.165, 1.54) is 13.3 Å². The number of nitrogens with zero attached hydrogens (tertiary/aromatic N) is 5. The zero-order chi connectivity index (χ0) is 22.5. The Hall–Kier alpha value is -4.34. The molecule has 4 rings (SSSR count). The molecule has 0 bridgehead atoms. The number of carbonyl (C=O) groups is 1. The second-order valence-electron chi connectivity index (χ2n) is 6.58. The highest BCUT2D eigenvalue weighted by Gasteiger charge is 2.23. The van der Waals surface area contributed by atoms with Crippen molar-refractivity contribution in [3.63, 3.8) is 0 Å². The number of aryl methyl sites for hydroxylation is 1. The summed E-state index contributed by atoms with van der Waals surface area (Å²) in [6.07, 6.45) is 4.65. The third-order valence-electron chi connectivity index (χ3n) is 4.50. The third-order valence-corrected chi connectivity index (χ3v) is 4.50. The second kappa shape index (κ2) is 9.21. The van der Waals surface area contributed by atoms with Gasteiger partial charge in [-0.15, -0.1) is 0 Å². The minimum Gasteiger partial charge on any atom is -0.478 e. The summed E-state index contributed by atoms with van der Waals surface area (Å²) in [5, 5.41) is 6.77. The minimum absolute atomic E-state index is 0.139. The average Bonchev–Trinajstić information content (AvgIpc) is 3.22. The Labute approximate surface area is 183 Å². The van der Waals surface area contributed by atoms with Crippen molar-refractivity contribution in [3.05, 3.63) is 60.2 Å². The quantitative estimate of drug-likeness (QED) is 0.466. The fourth-order valence-corrected chi connectivity index (χ4v) is 2.99. The van der Waals surface area contributed by atoms with Gasteiger partial charge in [-0.3, -0.25) is 4.79 Å². The molecule has 1 aromatic carbocycles. The summed E-state index contributed by atoms with van der Waals surface area (Å²) >= 11 is 0. The summed E-state index contributed by atoms with van der Waals surface area (Å²) in [5.41, 5.74) is 2.62. The molecule has 0 fully saturated rings. The molecular weight excluding hydrogens is 412 g/mol. The van der Waals surface area contributed by atoms with Crippen LogP contribution in [0.3, 0.4) is 0 Å². The minimum atomic E-state index is -0.438. The predicted octanol–water partition coefficient (Wildman–Crippen LogP) is 3.56. The van der Waals surface area contributed by atoms with Gasteiger partial charge in [-0.2, -0.15) is 0 Å². The van der Waals surface area contributed by atoms with Gasteiger partial charge in [0.05, 0.1) is 25.6 Å². The van der Waals surface area contributed by atoms with E-state index >= 15 is 0 Å². The van der Waals surface area contributed by atoms with Gasteiger partial charge in [0.15, 0.2) is 5.82 Å². The van der Waals surface area contributed by atoms with E-state index in [2.05, 4.69) is 30.4 Å². The Bertz CT molecular complexity index is 1230. The first kappa shape index (κ1) is 20.9. The molecule has 1 N–H and O–H groups in total. The van der Waals surface area contributed by atoms with Crippen LogP contribution >= 0.6 is 0 Å². The summed E-state index contributed by atoms with van der Waals surface area (Å²) in [6, 6.07) is 9.58. The molecule has 4 aromatic rings. The molecule has 0 aliphatic carbocycles. The van der Waals surface area contributed by atoms with Crippen LogP contribution in [0, 0.1) is 6.92 Å². The van der Waals surface area contributed by atoms with E-state index in [0.29, 0.717) is 34.9 Å². The van der Waals surface area contributed by atoms with Crippen molar-refractivity contribution in [2.45, 2.75) is 13.8 Å². The van der Waals surface area contributed by atoms with E-state index in [0.717, 1.165) is 5.56 Å². The van der Waals surface area contributed by atoms with E-state index in [1.54, 1.807) is 19.3 Å². The van der Waals surface area contributed by atoms with Crippen LogP contribution in [0.2, 0.25) is 0 Å².